The molecule has 1 fully saturated rings. The van der Waals surface area contributed by atoms with E-state index in [-0.39, 0.29) is 47.1 Å². The first kappa shape index (κ1) is 29.3. The molecule has 4 rings (SSSR count). The molecular formula is C27H32F3N5O5. The van der Waals surface area contributed by atoms with Gasteiger partial charge in [0.1, 0.15) is 22.6 Å². The lowest BCUT2D eigenvalue weighted by Crippen LogP contribution is -2.49. The average Bonchev–Trinajstić information content (AvgIpc) is 3.59. The minimum absolute atomic E-state index is 0.000639. The molecule has 1 aromatic carbocycles. The van der Waals surface area contributed by atoms with E-state index in [1.165, 1.54) is 26.4 Å². The van der Waals surface area contributed by atoms with Crippen LogP contribution in [0.25, 0.3) is 22.4 Å². The highest BCUT2D eigenvalue weighted by Gasteiger charge is 2.39. The lowest BCUT2D eigenvalue weighted by Gasteiger charge is -2.32. The Morgan fingerprint density at radius 1 is 1.18 bits per heavy atom. The van der Waals surface area contributed by atoms with Gasteiger partial charge in [-0.25, -0.2) is 9.97 Å². The van der Waals surface area contributed by atoms with Crippen LogP contribution in [0.3, 0.4) is 0 Å². The largest absolute Gasteiger partial charge is 0.494 e. The minimum Gasteiger partial charge on any atom is -0.494 e. The van der Waals surface area contributed by atoms with Crippen molar-refractivity contribution >= 4 is 22.7 Å². The van der Waals surface area contributed by atoms with Crippen LogP contribution >= 0.6 is 0 Å². The third kappa shape index (κ3) is 5.35. The van der Waals surface area contributed by atoms with Crippen molar-refractivity contribution in [3.63, 3.8) is 0 Å². The Balaban J connectivity index is 1.68. The maximum Gasteiger partial charge on any atom is 0.433 e. The number of fused-ring (bicyclic) bond motifs is 1. The van der Waals surface area contributed by atoms with E-state index in [4.69, 9.17) is 19.6 Å². The fraction of sp³-hybridized carbons (Fsp3) is 0.481. The van der Waals surface area contributed by atoms with Gasteiger partial charge in [0, 0.05) is 38.2 Å². The first-order chi connectivity index (χ1) is 18.7. The predicted molar refractivity (Wildman–Crippen MR) is 140 cm³/mol. The van der Waals surface area contributed by atoms with E-state index in [0.29, 0.717) is 23.9 Å². The molecule has 10 nitrogen and oxygen atoms in total. The molecule has 2 aromatic heterocycles. The van der Waals surface area contributed by atoms with Gasteiger partial charge in [-0.1, -0.05) is 0 Å². The van der Waals surface area contributed by atoms with Gasteiger partial charge in [-0.05, 0) is 51.5 Å². The molecule has 0 bridgehead atoms. The number of carbonyl (C=O) groups excluding carboxylic acids is 2. The van der Waals surface area contributed by atoms with Gasteiger partial charge >= 0.3 is 6.18 Å². The number of hydrogen-bond donors (Lipinski definition) is 1. The number of alkyl halides is 3. The zero-order valence-corrected chi connectivity index (χ0v) is 23.1. The van der Waals surface area contributed by atoms with E-state index < -0.39 is 29.4 Å². The number of amides is 2. The molecule has 0 radical (unpaired) electrons. The number of nitrogens with two attached hydrogens (primary N) is 1. The van der Waals surface area contributed by atoms with Crippen molar-refractivity contribution < 1.29 is 36.7 Å². The van der Waals surface area contributed by atoms with Gasteiger partial charge in [0.25, 0.3) is 11.8 Å². The van der Waals surface area contributed by atoms with Gasteiger partial charge < -0.3 is 29.4 Å². The molecule has 0 spiro atoms. The third-order valence-electron chi connectivity index (χ3n) is 7.17. The molecule has 1 aliphatic rings. The number of ether oxygens (including phenoxy) is 2. The SMILES string of the molecule is COc1ccc(-c2nc(C(=O)N3CC[C@@H](N(C)C(=O)C(C)(C)OC)C3)c([C@H](C)N)o2)c2ccc(C(F)(F)F)nc12. The molecule has 216 valence electrons. The quantitative estimate of drug-likeness (QED) is 0.457. The highest BCUT2D eigenvalue weighted by molar-refractivity contribution is 5.98. The van der Waals surface area contributed by atoms with Crippen molar-refractivity contribution in [1.29, 1.82) is 0 Å². The van der Waals surface area contributed by atoms with Gasteiger partial charge in [-0.15, -0.1) is 0 Å². The Morgan fingerprint density at radius 3 is 2.48 bits per heavy atom. The molecule has 0 aliphatic carbocycles. The molecule has 13 heteroatoms. The molecular weight excluding hydrogens is 531 g/mol. The van der Waals surface area contributed by atoms with Crippen LogP contribution in [-0.2, 0) is 15.7 Å². The first-order valence-corrected chi connectivity index (χ1v) is 12.6. The summed E-state index contributed by atoms with van der Waals surface area (Å²) in [4.78, 5) is 37.8. The van der Waals surface area contributed by atoms with Crippen LogP contribution in [0, 0.1) is 0 Å². The minimum atomic E-state index is -4.65. The van der Waals surface area contributed by atoms with Gasteiger partial charge in [0.15, 0.2) is 11.5 Å². The number of methoxy groups -OCH3 is 2. The fourth-order valence-electron chi connectivity index (χ4n) is 4.68. The molecule has 2 N–H and O–H groups in total. The lowest BCUT2D eigenvalue weighted by atomic mass is 10.1. The van der Waals surface area contributed by atoms with E-state index in [2.05, 4.69) is 9.97 Å². The number of aromatic nitrogens is 2. The number of halogens is 3. The Labute approximate surface area is 229 Å². The fourth-order valence-corrected chi connectivity index (χ4v) is 4.68. The number of oxazole rings is 1. The van der Waals surface area contributed by atoms with Crippen molar-refractivity contribution in [2.24, 2.45) is 5.73 Å². The van der Waals surface area contributed by atoms with Crippen molar-refractivity contribution in [2.45, 2.75) is 51.1 Å². The Morgan fingerprint density at radius 2 is 1.88 bits per heavy atom. The summed E-state index contributed by atoms with van der Waals surface area (Å²) in [6, 6.07) is 4.23. The van der Waals surface area contributed by atoms with Crippen LogP contribution < -0.4 is 10.5 Å². The normalized spacial score (nSPS) is 16.9. The van der Waals surface area contributed by atoms with Crippen LogP contribution in [0.1, 0.15) is 55.2 Å². The maximum absolute atomic E-state index is 13.6. The van der Waals surface area contributed by atoms with E-state index in [0.717, 1.165) is 6.07 Å². The van der Waals surface area contributed by atoms with Crippen LogP contribution in [0.15, 0.2) is 28.7 Å². The smallest absolute Gasteiger partial charge is 0.433 e. The number of likely N-dealkylation sites (tertiary alicyclic amines) is 1. The monoisotopic (exact) mass is 563 g/mol. The average molecular weight is 564 g/mol. The van der Waals surface area contributed by atoms with Crippen molar-refractivity contribution in [1.82, 2.24) is 19.8 Å². The van der Waals surface area contributed by atoms with E-state index in [9.17, 15) is 22.8 Å². The predicted octanol–water partition coefficient (Wildman–Crippen LogP) is 4.03. The second-order valence-corrected chi connectivity index (χ2v) is 10.3. The zero-order chi connectivity index (χ0) is 29.6. The summed E-state index contributed by atoms with van der Waals surface area (Å²) in [5.41, 5.74) is 4.33. The summed E-state index contributed by atoms with van der Waals surface area (Å²) in [5, 5.41) is 0.297. The Bertz CT molecular complexity index is 1440. The number of benzene rings is 1. The van der Waals surface area contributed by atoms with Crippen molar-refractivity contribution in [3.05, 3.63) is 41.4 Å². The zero-order valence-electron chi connectivity index (χ0n) is 23.1. The molecule has 0 saturated carbocycles. The number of likely N-dealkylation sites (N-methyl/N-ethyl adjacent to an activating group) is 1. The second kappa shape index (κ2) is 10.7. The summed E-state index contributed by atoms with van der Waals surface area (Å²) >= 11 is 0. The number of carbonyl (C=O) groups is 2. The summed E-state index contributed by atoms with van der Waals surface area (Å²) in [5.74, 6) is -0.347. The van der Waals surface area contributed by atoms with Crippen molar-refractivity contribution in [2.75, 3.05) is 34.4 Å². The Kier molecular flexibility index (Phi) is 7.83. The molecule has 2 amide bonds. The number of nitrogens with zero attached hydrogens (tertiary/aromatic N) is 4. The summed E-state index contributed by atoms with van der Waals surface area (Å²) < 4.78 is 56.5. The number of rotatable bonds is 7. The topological polar surface area (TPSA) is 124 Å². The molecule has 40 heavy (non-hydrogen) atoms. The molecule has 1 aliphatic heterocycles. The molecule has 3 aromatic rings. The van der Waals surface area contributed by atoms with E-state index >= 15 is 0 Å². The first-order valence-electron chi connectivity index (χ1n) is 12.6. The van der Waals surface area contributed by atoms with Crippen LogP contribution in [-0.4, -0.2) is 77.6 Å². The van der Waals surface area contributed by atoms with Crippen molar-refractivity contribution in [3.8, 4) is 17.2 Å². The third-order valence-corrected chi connectivity index (χ3v) is 7.17. The molecule has 3 heterocycles. The Hall–Kier alpha value is -3.71. The highest BCUT2D eigenvalue weighted by atomic mass is 19.4. The van der Waals surface area contributed by atoms with Gasteiger partial charge in [-0.3, -0.25) is 9.59 Å². The van der Waals surface area contributed by atoms with E-state index in [1.807, 2.05) is 0 Å². The number of hydrogen-bond acceptors (Lipinski definition) is 8. The molecule has 2 atom stereocenters. The highest BCUT2D eigenvalue weighted by Crippen LogP contribution is 2.37. The van der Waals surface area contributed by atoms with E-state index in [1.54, 1.807) is 43.7 Å². The molecule has 0 unspecified atom stereocenters. The second-order valence-electron chi connectivity index (χ2n) is 10.3. The van der Waals surface area contributed by atoms with Gasteiger partial charge in [0.05, 0.1) is 19.2 Å². The van der Waals surface area contributed by atoms with Gasteiger partial charge in [0.2, 0.25) is 5.89 Å². The summed E-state index contributed by atoms with van der Waals surface area (Å²) in [6.07, 6.45) is -4.09. The maximum atomic E-state index is 13.6. The van der Waals surface area contributed by atoms with Crippen LogP contribution in [0.2, 0.25) is 0 Å². The number of pyridine rings is 1. The van der Waals surface area contributed by atoms with Crippen LogP contribution in [0.4, 0.5) is 13.2 Å². The standard InChI is InChI=1S/C27H32F3N5O5/c1-14(31)22-21(24(36)35-12-11-15(13-35)34(4)25(37)26(2,3)39-6)33-23(40-22)17-7-9-18(38-5)20-16(17)8-10-19(32-20)27(28,29)30/h7-10,14-15H,11-13,31H2,1-6H3/t14-,15+/m0/s1. The lowest BCUT2D eigenvalue weighted by molar-refractivity contribution is -0.151. The summed E-state index contributed by atoms with van der Waals surface area (Å²) in [7, 11) is 4.47. The van der Waals surface area contributed by atoms with Crippen LogP contribution in [0.5, 0.6) is 5.75 Å². The summed E-state index contributed by atoms with van der Waals surface area (Å²) in [6.45, 7) is 5.65. The molecule has 1 saturated heterocycles. The van der Waals surface area contributed by atoms with Gasteiger partial charge in [-0.2, -0.15) is 13.2 Å².